The monoisotopic (exact) mass is 451 g/mol. The topological polar surface area (TPSA) is 93.9 Å². The number of benzene rings is 2. The van der Waals surface area contributed by atoms with E-state index in [-0.39, 0.29) is 28.3 Å². The number of rotatable bonds is 5. The van der Waals surface area contributed by atoms with Crippen molar-refractivity contribution in [1.29, 1.82) is 0 Å². The SMILES string of the molecule is C=CCOc1cccc([C@@H]2c3c(oc4ccccc4c3=O)C(=O)N2[C@H]2CCS(=O)(=O)C2)c1. The van der Waals surface area contributed by atoms with E-state index in [0.29, 0.717) is 35.3 Å². The number of para-hydroxylation sites is 1. The molecule has 1 saturated heterocycles. The summed E-state index contributed by atoms with van der Waals surface area (Å²) in [5.41, 5.74) is 0.928. The van der Waals surface area contributed by atoms with Crippen LogP contribution in [0.4, 0.5) is 0 Å². The van der Waals surface area contributed by atoms with E-state index in [1.807, 2.05) is 0 Å². The molecule has 1 fully saturated rings. The number of carbonyl (C=O) groups is 1. The van der Waals surface area contributed by atoms with Gasteiger partial charge in [0.25, 0.3) is 5.91 Å². The molecule has 0 saturated carbocycles. The molecule has 7 nitrogen and oxygen atoms in total. The zero-order chi connectivity index (χ0) is 22.5. The van der Waals surface area contributed by atoms with E-state index in [4.69, 9.17) is 9.15 Å². The Kier molecular flexibility index (Phi) is 4.89. The smallest absolute Gasteiger partial charge is 0.291 e. The molecule has 164 valence electrons. The minimum absolute atomic E-state index is 0.0103. The quantitative estimate of drug-likeness (QED) is 0.554. The van der Waals surface area contributed by atoms with Gasteiger partial charge in [-0.25, -0.2) is 8.42 Å². The van der Waals surface area contributed by atoms with E-state index in [0.717, 1.165) is 0 Å². The van der Waals surface area contributed by atoms with Crippen LogP contribution in [-0.4, -0.2) is 43.4 Å². The Morgan fingerprint density at radius 2 is 1.97 bits per heavy atom. The van der Waals surface area contributed by atoms with Crippen molar-refractivity contribution in [3.63, 3.8) is 0 Å². The Labute approximate surface area is 184 Å². The Morgan fingerprint density at radius 3 is 2.72 bits per heavy atom. The van der Waals surface area contributed by atoms with Crippen molar-refractivity contribution >= 4 is 26.7 Å². The summed E-state index contributed by atoms with van der Waals surface area (Å²) < 4.78 is 35.9. The molecule has 0 bridgehead atoms. The highest BCUT2D eigenvalue weighted by molar-refractivity contribution is 7.91. The minimum atomic E-state index is -3.26. The van der Waals surface area contributed by atoms with Gasteiger partial charge in [-0.15, -0.1) is 0 Å². The summed E-state index contributed by atoms with van der Waals surface area (Å²) in [6.45, 7) is 3.95. The maximum absolute atomic E-state index is 13.5. The third-order valence-electron chi connectivity index (χ3n) is 5.96. The number of sulfone groups is 1. The average molecular weight is 452 g/mol. The third-order valence-corrected chi connectivity index (χ3v) is 7.71. The number of carbonyl (C=O) groups excluding carboxylic acids is 1. The van der Waals surface area contributed by atoms with Crippen LogP contribution in [0, 0.1) is 0 Å². The normalized spacial score (nSPS) is 21.6. The van der Waals surface area contributed by atoms with Crippen LogP contribution in [-0.2, 0) is 9.84 Å². The van der Waals surface area contributed by atoms with Crippen molar-refractivity contribution in [2.45, 2.75) is 18.5 Å². The van der Waals surface area contributed by atoms with Crippen molar-refractivity contribution < 1.29 is 22.4 Å². The third kappa shape index (κ3) is 3.31. The van der Waals surface area contributed by atoms with Gasteiger partial charge in [0.1, 0.15) is 17.9 Å². The Balaban J connectivity index is 1.71. The number of hydrogen-bond donors (Lipinski definition) is 0. The molecule has 2 aliphatic rings. The zero-order valence-electron chi connectivity index (χ0n) is 17.2. The van der Waals surface area contributed by atoms with Crippen molar-refractivity contribution in [2.75, 3.05) is 18.1 Å². The Morgan fingerprint density at radius 1 is 1.16 bits per heavy atom. The van der Waals surface area contributed by atoms with Crippen molar-refractivity contribution in [1.82, 2.24) is 4.90 Å². The van der Waals surface area contributed by atoms with Gasteiger partial charge in [-0.05, 0) is 36.2 Å². The second kappa shape index (κ2) is 7.63. The van der Waals surface area contributed by atoms with Crippen molar-refractivity contribution in [2.24, 2.45) is 0 Å². The van der Waals surface area contributed by atoms with E-state index in [1.54, 1.807) is 54.6 Å². The van der Waals surface area contributed by atoms with Crippen LogP contribution >= 0.6 is 0 Å². The van der Waals surface area contributed by atoms with Gasteiger partial charge in [0.2, 0.25) is 5.76 Å². The number of hydrogen-bond acceptors (Lipinski definition) is 6. The maximum atomic E-state index is 13.5. The van der Waals surface area contributed by atoms with E-state index >= 15 is 0 Å². The molecule has 1 aromatic heterocycles. The van der Waals surface area contributed by atoms with Crippen LogP contribution in [0.25, 0.3) is 11.0 Å². The molecule has 1 amide bonds. The molecule has 2 aromatic carbocycles. The molecule has 0 spiro atoms. The van der Waals surface area contributed by atoms with Gasteiger partial charge in [-0.3, -0.25) is 9.59 Å². The molecule has 3 heterocycles. The second-order valence-electron chi connectivity index (χ2n) is 8.01. The number of amides is 1. The van der Waals surface area contributed by atoms with Gasteiger partial charge >= 0.3 is 0 Å². The fourth-order valence-electron chi connectivity index (χ4n) is 4.57. The molecule has 2 atom stereocenters. The van der Waals surface area contributed by atoms with Crippen molar-refractivity contribution in [3.8, 4) is 5.75 Å². The molecule has 0 N–H and O–H groups in total. The lowest BCUT2D eigenvalue weighted by Gasteiger charge is -2.30. The van der Waals surface area contributed by atoms with Gasteiger partial charge in [0.15, 0.2) is 15.3 Å². The van der Waals surface area contributed by atoms with Gasteiger partial charge in [-0.1, -0.05) is 36.9 Å². The highest BCUT2D eigenvalue weighted by atomic mass is 32.2. The lowest BCUT2D eigenvalue weighted by atomic mass is 9.97. The highest BCUT2D eigenvalue weighted by Crippen LogP contribution is 2.42. The Hall–Kier alpha value is -3.39. The van der Waals surface area contributed by atoms with Gasteiger partial charge < -0.3 is 14.1 Å². The standard InChI is InChI=1S/C24H21NO6S/c1-2-11-30-17-7-5-6-15(13-17)21-20-22(26)18-8-3-4-9-19(18)31-23(20)24(27)25(21)16-10-12-32(28,29)14-16/h2-9,13,16,21H,1,10-12,14H2/t16-,21+/m0/s1. The molecule has 2 aliphatic heterocycles. The predicted octanol–water partition coefficient (Wildman–Crippen LogP) is 3.09. The summed E-state index contributed by atoms with van der Waals surface area (Å²) >= 11 is 0. The molecule has 3 aromatic rings. The zero-order valence-corrected chi connectivity index (χ0v) is 18.0. The number of fused-ring (bicyclic) bond motifs is 2. The summed E-state index contributed by atoms with van der Waals surface area (Å²) in [7, 11) is -3.26. The van der Waals surface area contributed by atoms with Crippen LogP contribution in [0.3, 0.4) is 0 Å². The second-order valence-corrected chi connectivity index (χ2v) is 10.2. The largest absolute Gasteiger partial charge is 0.490 e. The lowest BCUT2D eigenvalue weighted by Crippen LogP contribution is -2.40. The molecule has 0 unspecified atom stereocenters. The fraction of sp³-hybridized carbons (Fsp3) is 0.250. The van der Waals surface area contributed by atoms with Crippen LogP contribution in [0.2, 0.25) is 0 Å². The first-order chi connectivity index (χ1) is 15.4. The minimum Gasteiger partial charge on any atom is -0.490 e. The molecule has 0 radical (unpaired) electrons. The lowest BCUT2D eigenvalue weighted by molar-refractivity contribution is 0.0662. The molecular weight excluding hydrogens is 430 g/mol. The summed E-state index contributed by atoms with van der Waals surface area (Å²) in [5, 5.41) is 0.379. The van der Waals surface area contributed by atoms with E-state index in [2.05, 4.69) is 6.58 Å². The van der Waals surface area contributed by atoms with Crippen LogP contribution in [0.1, 0.15) is 34.1 Å². The maximum Gasteiger partial charge on any atom is 0.291 e. The molecule has 8 heteroatoms. The first-order valence-electron chi connectivity index (χ1n) is 10.3. The number of nitrogens with zero attached hydrogens (tertiary/aromatic N) is 1. The Bertz CT molecular complexity index is 1410. The van der Waals surface area contributed by atoms with E-state index < -0.39 is 27.8 Å². The first-order valence-corrected chi connectivity index (χ1v) is 12.1. The van der Waals surface area contributed by atoms with Gasteiger partial charge in [-0.2, -0.15) is 0 Å². The average Bonchev–Trinajstić information content (AvgIpc) is 3.29. The molecule has 5 rings (SSSR count). The summed E-state index contributed by atoms with van der Waals surface area (Å²) in [6.07, 6.45) is 1.94. The summed E-state index contributed by atoms with van der Waals surface area (Å²) in [6, 6.07) is 12.6. The molecule has 32 heavy (non-hydrogen) atoms. The van der Waals surface area contributed by atoms with E-state index in [9.17, 15) is 18.0 Å². The van der Waals surface area contributed by atoms with Crippen LogP contribution in [0.15, 0.2) is 70.4 Å². The van der Waals surface area contributed by atoms with E-state index in [1.165, 1.54) is 4.90 Å². The van der Waals surface area contributed by atoms with Crippen molar-refractivity contribution in [3.05, 3.63) is 88.3 Å². The molecule has 0 aliphatic carbocycles. The summed E-state index contributed by atoms with van der Waals surface area (Å²) in [4.78, 5) is 28.5. The van der Waals surface area contributed by atoms with Gasteiger partial charge in [0.05, 0.1) is 28.5 Å². The fourth-order valence-corrected chi connectivity index (χ4v) is 6.28. The predicted molar refractivity (Wildman–Crippen MR) is 120 cm³/mol. The van der Waals surface area contributed by atoms with Gasteiger partial charge in [0, 0.05) is 6.04 Å². The van der Waals surface area contributed by atoms with Crippen LogP contribution in [0.5, 0.6) is 5.75 Å². The first kappa shape index (κ1) is 20.5. The highest BCUT2D eigenvalue weighted by Gasteiger charge is 2.48. The van der Waals surface area contributed by atoms with Crippen LogP contribution < -0.4 is 10.2 Å². The molecular formula is C24H21NO6S. The summed E-state index contributed by atoms with van der Waals surface area (Å²) in [5.74, 6) is -0.0554. The number of ether oxygens (including phenoxy) is 1.